The largest absolute Gasteiger partial charge is 0.270 e. The van der Waals surface area contributed by atoms with Crippen molar-refractivity contribution in [1.82, 2.24) is 4.98 Å². The maximum Gasteiger partial charge on any atom is 0.270 e. The molecule has 6 heteroatoms. The average molecular weight is 333 g/mol. The smallest absolute Gasteiger partial charge is 0.258 e. The second-order valence-electron chi connectivity index (χ2n) is 4.71. The van der Waals surface area contributed by atoms with Gasteiger partial charge in [0.25, 0.3) is 5.69 Å². The molecule has 3 rings (SSSR count). The molecule has 0 aliphatic carbocycles. The predicted molar refractivity (Wildman–Crippen MR) is 88.4 cm³/mol. The zero-order valence-electron chi connectivity index (χ0n) is 11.3. The molecule has 22 heavy (non-hydrogen) atoms. The highest BCUT2D eigenvalue weighted by Gasteiger charge is 2.17. The molecule has 0 aliphatic heterocycles. The van der Waals surface area contributed by atoms with Crippen LogP contribution in [0.5, 0.6) is 0 Å². The van der Waals surface area contributed by atoms with Gasteiger partial charge in [0.2, 0.25) is 0 Å². The molecule has 0 radical (unpaired) electrons. The van der Waals surface area contributed by atoms with Crippen LogP contribution in [0.1, 0.15) is 5.69 Å². The lowest BCUT2D eigenvalue weighted by molar-refractivity contribution is -0.384. The number of hydrogen-bond donors (Lipinski definition) is 0. The van der Waals surface area contributed by atoms with Crippen molar-refractivity contribution < 1.29 is 4.92 Å². The third-order valence-corrected chi connectivity index (χ3v) is 4.04. The summed E-state index contributed by atoms with van der Waals surface area (Å²) in [4.78, 5) is 15.0. The number of hydrogen-bond acceptors (Lipinski definition) is 3. The fourth-order valence-electron chi connectivity index (χ4n) is 2.37. The molecule has 110 valence electrons. The van der Waals surface area contributed by atoms with Crippen molar-refractivity contribution >= 4 is 39.8 Å². The van der Waals surface area contributed by atoms with Crippen molar-refractivity contribution in [2.24, 2.45) is 0 Å². The molecule has 0 saturated heterocycles. The van der Waals surface area contributed by atoms with Crippen LogP contribution in [-0.4, -0.2) is 9.91 Å². The zero-order chi connectivity index (χ0) is 15.7. The van der Waals surface area contributed by atoms with Gasteiger partial charge in [0.15, 0.2) is 0 Å². The summed E-state index contributed by atoms with van der Waals surface area (Å²) in [7, 11) is 0. The van der Waals surface area contributed by atoms with Crippen molar-refractivity contribution in [3.05, 3.63) is 69.4 Å². The fraction of sp³-hybridized carbons (Fsp3) is 0.0625. The first-order chi connectivity index (χ1) is 10.6. The minimum atomic E-state index is -0.433. The molecule has 0 bridgehead atoms. The molecule has 0 unspecified atom stereocenters. The third-order valence-electron chi connectivity index (χ3n) is 3.38. The van der Waals surface area contributed by atoms with Crippen LogP contribution in [0.15, 0.2) is 48.5 Å². The number of fused-ring (bicyclic) bond motifs is 1. The van der Waals surface area contributed by atoms with E-state index in [9.17, 15) is 10.1 Å². The van der Waals surface area contributed by atoms with Gasteiger partial charge in [0, 0.05) is 23.1 Å². The Morgan fingerprint density at radius 1 is 1.14 bits per heavy atom. The number of non-ortho nitro benzene ring substituents is 1. The van der Waals surface area contributed by atoms with E-state index in [-0.39, 0.29) is 11.6 Å². The molecule has 0 aliphatic rings. The van der Waals surface area contributed by atoms with Gasteiger partial charge in [-0.1, -0.05) is 41.9 Å². The quantitative estimate of drug-likeness (QED) is 0.376. The molecule has 0 spiro atoms. The third kappa shape index (κ3) is 2.51. The van der Waals surface area contributed by atoms with E-state index >= 15 is 0 Å². The Kier molecular flexibility index (Phi) is 3.96. The summed E-state index contributed by atoms with van der Waals surface area (Å²) in [5.41, 5.74) is 2.77. The zero-order valence-corrected chi connectivity index (χ0v) is 12.8. The fourth-order valence-corrected chi connectivity index (χ4v) is 2.95. The molecule has 2 aromatic carbocycles. The number of nitro groups is 1. The predicted octanol–water partition coefficient (Wildman–Crippen LogP) is 5.20. The Morgan fingerprint density at radius 2 is 1.86 bits per heavy atom. The van der Waals surface area contributed by atoms with Gasteiger partial charge in [-0.25, -0.2) is 4.98 Å². The van der Waals surface area contributed by atoms with E-state index in [2.05, 4.69) is 4.98 Å². The van der Waals surface area contributed by atoms with Gasteiger partial charge in [-0.15, -0.1) is 11.6 Å². The number of nitro benzene ring substituents is 1. The van der Waals surface area contributed by atoms with E-state index in [4.69, 9.17) is 23.2 Å². The number of pyridine rings is 1. The topological polar surface area (TPSA) is 56.0 Å². The minimum absolute atomic E-state index is 0.00108. The normalized spacial score (nSPS) is 10.8. The van der Waals surface area contributed by atoms with Crippen LogP contribution in [0.3, 0.4) is 0 Å². The molecule has 4 nitrogen and oxygen atoms in total. The van der Waals surface area contributed by atoms with Crippen LogP contribution >= 0.6 is 23.2 Å². The summed E-state index contributed by atoms with van der Waals surface area (Å²) >= 11 is 12.4. The molecule has 3 aromatic rings. The van der Waals surface area contributed by atoms with E-state index in [0.717, 1.165) is 5.56 Å². The number of nitrogens with zero attached hydrogens (tertiary/aromatic N) is 2. The Hall–Kier alpha value is -2.17. The van der Waals surface area contributed by atoms with Gasteiger partial charge < -0.3 is 0 Å². The van der Waals surface area contributed by atoms with Crippen molar-refractivity contribution in [2.75, 3.05) is 0 Å². The van der Waals surface area contributed by atoms with Gasteiger partial charge in [-0.05, 0) is 11.6 Å². The molecule has 1 heterocycles. The molecule has 0 fully saturated rings. The number of halogens is 2. The second-order valence-corrected chi connectivity index (χ2v) is 5.35. The van der Waals surface area contributed by atoms with E-state index < -0.39 is 4.92 Å². The molecule has 1 aromatic heterocycles. The number of alkyl halides is 1. The highest BCUT2D eigenvalue weighted by Crippen LogP contribution is 2.38. The first kappa shape index (κ1) is 14.8. The van der Waals surface area contributed by atoms with Crippen molar-refractivity contribution in [2.45, 2.75) is 5.88 Å². The number of aromatic nitrogens is 1. The summed E-state index contributed by atoms with van der Waals surface area (Å²) in [6.07, 6.45) is 0. The molecular weight excluding hydrogens is 323 g/mol. The van der Waals surface area contributed by atoms with Crippen LogP contribution < -0.4 is 0 Å². The minimum Gasteiger partial charge on any atom is -0.258 e. The number of rotatable bonds is 3. The van der Waals surface area contributed by atoms with Crippen LogP contribution in [0.4, 0.5) is 5.69 Å². The lowest BCUT2D eigenvalue weighted by Gasteiger charge is -2.12. The maximum atomic E-state index is 11.0. The van der Waals surface area contributed by atoms with Crippen LogP contribution in [0.2, 0.25) is 5.02 Å². The van der Waals surface area contributed by atoms with Crippen molar-refractivity contribution in [3.8, 4) is 11.1 Å². The van der Waals surface area contributed by atoms with Crippen LogP contribution in [-0.2, 0) is 5.88 Å². The molecular formula is C16H10Cl2N2O2. The SMILES string of the molecule is O=[N+]([O-])c1ccc2nc(CCl)c(Cl)c(-c3ccccc3)c2c1. The monoisotopic (exact) mass is 332 g/mol. The Labute approximate surface area is 136 Å². The van der Waals surface area contributed by atoms with Gasteiger partial charge in [0.1, 0.15) is 0 Å². The summed E-state index contributed by atoms with van der Waals surface area (Å²) < 4.78 is 0. The van der Waals surface area contributed by atoms with Crippen molar-refractivity contribution in [3.63, 3.8) is 0 Å². The van der Waals surface area contributed by atoms with Crippen LogP contribution in [0.25, 0.3) is 22.0 Å². The van der Waals surface area contributed by atoms with E-state index in [1.165, 1.54) is 12.1 Å². The highest BCUT2D eigenvalue weighted by atomic mass is 35.5. The van der Waals surface area contributed by atoms with Gasteiger partial charge in [0.05, 0.1) is 27.0 Å². The molecule has 0 amide bonds. The lowest BCUT2D eigenvalue weighted by atomic mass is 9.99. The van der Waals surface area contributed by atoms with Gasteiger partial charge in [-0.2, -0.15) is 0 Å². The van der Waals surface area contributed by atoms with Gasteiger partial charge in [-0.3, -0.25) is 10.1 Å². The lowest BCUT2D eigenvalue weighted by Crippen LogP contribution is -1.95. The Balaban J connectivity index is 2.41. The Morgan fingerprint density at radius 3 is 2.50 bits per heavy atom. The average Bonchev–Trinajstić information content (AvgIpc) is 2.54. The standard InChI is InChI=1S/C16H10Cl2N2O2/c17-9-14-16(18)15(10-4-2-1-3-5-10)12-8-11(20(21)22)6-7-13(12)19-14/h1-8H,9H2. The highest BCUT2D eigenvalue weighted by molar-refractivity contribution is 6.36. The van der Waals surface area contributed by atoms with E-state index in [1.807, 2.05) is 30.3 Å². The Bertz CT molecular complexity index is 867. The van der Waals surface area contributed by atoms with Gasteiger partial charge >= 0.3 is 0 Å². The second kappa shape index (κ2) is 5.91. The first-order valence-electron chi connectivity index (χ1n) is 6.49. The first-order valence-corrected chi connectivity index (χ1v) is 7.41. The molecule has 0 N–H and O–H groups in total. The molecule has 0 saturated carbocycles. The summed E-state index contributed by atoms with van der Waals surface area (Å²) in [6, 6.07) is 14.0. The summed E-state index contributed by atoms with van der Waals surface area (Å²) in [5.74, 6) is 0.172. The van der Waals surface area contributed by atoms with Crippen molar-refractivity contribution in [1.29, 1.82) is 0 Å². The van der Waals surface area contributed by atoms with E-state index in [0.29, 0.717) is 27.2 Å². The number of benzene rings is 2. The summed E-state index contributed by atoms with van der Waals surface area (Å²) in [6.45, 7) is 0. The van der Waals surface area contributed by atoms with E-state index in [1.54, 1.807) is 6.07 Å². The summed E-state index contributed by atoms with van der Waals surface area (Å²) in [5, 5.41) is 12.1. The maximum absolute atomic E-state index is 11.0. The molecule has 0 atom stereocenters. The van der Waals surface area contributed by atoms with Crippen LogP contribution in [0, 0.1) is 10.1 Å².